The Hall–Kier alpha value is -2.44. The number of aliphatic carboxylic acids is 2. The average molecular weight is 475 g/mol. The molecule has 1 aliphatic rings. The number of nitrogens with two attached hydrogens (primary N) is 4. The first-order chi connectivity index (χ1) is 15.4. The molecule has 0 spiro atoms. The van der Waals surface area contributed by atoms with Crippen LogP contribution in [-0.2, 0) is 14.4 Å². The first kappa shape index (κ1) is 30.6. The predicted octanol–water partition coefficient (Wildman–Crippen LogP) is -0.822. The van der Waals surface area contributed by atoms with Gasteiger partial charge in [0.25, 0.3) is 0 Å². The van der Waals surface area contributed by atoms with Crippen LogP contribution in [-0.4, -0.2) is 69.9 Å². The Morgan fingerprint density at radius 3 is 2.09 bits per heavy atom. The molecule has 0 aromatic rings. The van der Waals surface area contributed by atoms with Gasteiger partial charge in [-0.05, 0) is 31.7 Å². The van der Waals surface area contributed by atoms with Gasteiger partial charge in [-0.1, -0.05) is 33.1 Å². The third-order valence-electron chi connectivity index (χ3n) is 6.01. The van der Waals surface area contributed by atoms with E-state index in [2.05, 4.69) is 10.3 Å². The SMILES string of the molecule is CCC(CC)[C@H](NC(C)=O)[C@@H]1[C@H](O)[C@@H](C(=O)O)C[C@H]1N=C(N)N.NCCCCC(N)C(=O)O. The number of carbonyl (C=O) groups is 3. The van der Waals surface area contributed by atoms with Gasteiger partial charge < -0.3 is 43.6 Å². The highest BCUT2D eigenvalue weighted by Crippen LogP contribution is 2.39. The Balaban J connectivity index is 0.000000861. The van der Waals surface area contributed by atoms with Crippen LogP contribution in [0.25, 0.3) is 0 Å². The summed E-state index contributed by atoms with van der Waals surface area (Å²) in [5, 5.41) is 31.1. The van der Waals surface area contributed by atoms with Crippen molar-refractivity contribution < 1.29 is 29.7 Å². The van der Waals surface area contributed by atoms with Gasteiger partial charge in [-0.3, -0.25) is 14.4 Å². The number of aliphatic imine (C=N–C) groups is 1. The summed E-state index contributed by atoms with van der Waals surface area (Å²) >= 11 is 0. The molecule has 12 N–H and O–H groups in total. The number of nitrogens with zero attached hydrogens (tertiary/aromatic N) is 1. The number of carboxylic acid groups (broad SMARTS) is 2. The molecule has 1 rings (SSSR count). The first-order valence-electron chi connectivity index (χ1n) is 11.4. The highest BCUT2D eigenvalue weighted by molar-refractivity contribution is 5.77. The molecule has 192 valence electrons. The lowest BCUT2D eigenvalue weighted by atomic mass is 9.80. The van der Waals surface area contributed by atoms with Crippen molar-refractivity contribution in [2.45, 2.75) is 83.5 Å². The lowest BCUT2D eigenvalue weighted by Gasteiger charge is -2.35. The van der Waals surface area contributed by atoms with E-state index < -0.39 is 42.0 Å². The van der Waals surface area contributed by atoms with E-state index in [1.54, 1.807) is 0 Å². The zero-order valence-corrected chi connectivity index (χ0v) is 19.8. The Labute approximate surface area is 195 Å². The fraction of sp³-hybridized carbons (Fsp3) is 0.810. The Kier molecular flexibility index (Phi) is 14.3. The second kappa shape index (κ2) is 15.4. The van der Waals surface area contributed by atoms with E-state index in [-0.39, 0.29) is 30.2 Å². The minimum Gasteiger partial charge on any atom is -0.481 e. The summed E-state index contributed by atoms with van der Waals surface area (Å²) in [5.74, 6) is -3.77. The van der Waals surface area contributed by atoms with Crippen LogP contribution in [0.1, 0.15) is 59.3 Å². The standard InChI is InChI=1S/C15H28N4O4.C6H14N2O2/c1-4-8(5-2)12(18-7(3)20)11-10(19-15(16)17)6-9(13(11)21)14(22)23;7-4-2-1-3-5(8)6(9)10/h8-13,21H,4-6H2,1-3H3,(H,18,20)(H,22,23)(H4,16,17,19);5H,1-4,7-8H2,(H,9,10)/t9-,10+,11+,12-,13+;/m0./s1. The number of rotatable bonds is 12. The number of aliphatic hydroxyl groups excluding tert-OH is 1. The maximum Gasteiger partial charge on any atom is 0.320 e. The van der Waals surface area contributed by atoms with Crippen molar-refractivity contribution in [3.63, 3.8) is 0 Å². The Morgan fingerprint density at radius 2 is 1.70 bits per heavy atom. The topological polar surface area (TPSA) is 240 Å². The predicted molar refractivity (Wildman–Crippen MR) is 125 cm³/mol. The van der Waals surface area contributed by atoms with Gasteiger partial charge in [0.15, 0.2) is 5.96 Å². The average Bonchev–Trinajstić information content (AvgIpc) is 3.03. The molecule has 6 atom stereocenters. The van der Waals surface area contributed by atoms with Gasteiger partial charge in [0.1, 0.15) is 6.04 Å². The largest absolute Gasteiger partial charge is 0.481 e. The Bertz CT molecular complexity index is 653. The minimum atomic E-state index is -1.11. The number of carboxylic acids is 2. The second-order valence-corrected chi connectivity index (χ2v) is 8.40. The molecule has 1 aliphatic carbocycles. The monoisotopic (exact) mass is 474 g/mol. The van der Waals surface area contributed by atoms with E-state index in [4.69, 9.17) is 28.0 Å². The highest BCUT2D eigenvalue weighted by atomic mass is 16.4. The molecular weight excluding hydrogens is 432 g/mol. The maximum absolute atomic E-state index is 11.6. The van der Waals surface area contributed by atoms with Crippen LogP contribution in [0.15, 0.2) is 4.99 Å². The van der Waals surface area contributed by atoms with Crippen molar-refractivity contribution in [1.29, 1.82) is 0 Å². The molecule has 12 heteroatoms. The molecule has 0 aromatic heterocycles. The zero-order chi connectivity index (χ0) is 25.7. The summed E-state index contributed by atoms with van der Waals surface area (Å²) in [6.45, 7) is 6.00. The number of carbonyl (C=O) groups excluding carboxylic acids is 1. The van der Waals surface area contributed by atoms with E-state index in [0.29, 0.717) is 13.0 Å². The van der Waals surface area contributed by atoms with E-state index in [0.717, 1.165) is 25.7 Å². The molecule has 1 fully saturated rings. The number of aliphatic hydroxyl groups is 1. The molecule has 0 aliphatic heterocycles. The molecular formula is C21H42N6O6. The van der Waals surface area contributed by atoms with Crippen LogP contribution in [0.3, 0.4) is 0 Å². The van der Waals surface area contributed by atoms with Crippen LogP contribution in [0.2, 0.25) is 0 Å². The molecule has 0 radical (unpaired) electrons. The Morgan fingerprint density at radius 1 is 1.12 bits per heavy atom. The van der Waals surface area contributed by atoms with Crippen LogP contribution < -0.4 is 28.3 Å². The molecule has 1 unspecified atom stereocenters. The third-order valence-corrected chi connectivity index (χ3v) is 6.01. The molecule has 33 heavy (non-hydrogen) atoms. The number of guanidine groups is 1. The quantitative estimate of drug-likeness (QED) is 0.0991. The summed E-state index contributed by atoms with van der Waals surface area (Å²) in [4.78, 5) is 37.2. The van der Waals surface area contributed by atoms with Crippen LogP contribution in [0.5, 0.6) is 0 Å². The van der Waals surface area contributed by atoms with E-state index in [1.165, 1.54) is 6.92 Å². The number of amides is 1. The first-order valence-corrected chi connectivity index (χ1v) is 11.4. The number of hydrogen-bond donors (Lipinski definition) is 8. The summed E-state index contributed by atoms with van der Waals surface area (Å²) in [5.41, 5.74) is 21.3. The normalized spacial score (nSPS) is 23.7. The van der Waals surface area contributed by atoms with Crippen molar-refractivity contribution in [1.82, 2.24) is 5.32 Å². The van der Waals surface area contributed by atoms with E-state index in [9.17, 15) is 24.6 Å². The van der Waals surface area contributed by atoms with Gasteiger partial charge in [-0.15, -0.1) is 0 Å². The highest BCUT2D eigenvalue weighted by Gasteiger charge is 2.50. The lowest BCUT2D eigenvalue weighted by molar-refractivity contribution is -0.145. The second-order valence-electron chi connectivity index (χ2n) is 8.40. The van der Waals surface area contributed by atoms with Gasteiger partial charge in [0, 0.05) is 18.9 Å². The van der Waals surface area contributed by atoms with Crippen molar-refractivity contribution in [2.24, 2.45) is 45.7 Å². The van der Waals surface area contributed by atoms with Crippen LogP contribution >= 0.6 is 0 Å². The van der Waals surface area contributed by atoms with E-state index >= 15 is 0 Å². The maximum atomic E-state index is 11.6. The number of hydrogen-bond acceptors (Lipinski definition) is 7. The number of nitrogens with one attached hydrogen (secondary N) is 1. The zero-order valence-electron chi connectivity index (χ0n) is 19.8. The molecule has 0 bridgehead atoms. The van der Waals surface area contributed by atoms with Gasteiger partial charge in [-0.25, -0.2) is 4.99 Å². The van der Waals surface area contributed by atoms with Crippen molar-refractivity contribution >= 4 is 23.8 Å². The van der Waals surface area contributed by atoms with Crippen molar-refractivity contribution in [3.8, 4) is 0 Å². The van der Waals surface area contributed by atoms with Gasteiger partial charge in [0.05, 0.1) is 18.1 Å². The minimum absolute atomic E-state index is 0.0998. The molecule has 12 nitrogen and oxygen atoms in total. The smallest absolute Gasteiger partial charge is 0.320 e. The summed E-state index contributed by atoms with van der Waals surface area (Å²) in [6.07, 6.45) is 2.78. The third kappa shape index (κ3) is 10.4. The fourth-order valence-corrected chi connectivity index (χ4v) is 4.27. The summed E-state index contributed by atoms with van der Waals surface area (Å²) < 4.78 is 0. The molecule has 0 saturated heterocycles. The molecule has 1 saturated carbocycles. The number of unbranched alkanes of at least 4 members (excludes halogenated alkanes) is 1. The van der Waals surface area contributed by atoms with Gasteiger partial charge >= 0.3 is 11.9 Å². The van der Waals surface area contributed by atoms with Crippen LogP contribution in [0, 0.1) is 17.8 Å². The summed E-state index contributed by atoms with van der Waals surface area (Å²) in [7, 11) is 0. The lowest BCUT2D eigenvalue weighted by Crippen LogP contribution is -2.51. The fourth-order valence-electron chi connectivity index (χ4n) is 4.27. The van der Waals surface area contributed by atoms with Crippen molar-refractivity contribution in [2.75, 3.05) is 6.54 Å². The van der Waals surface area contributed by atoms with Crippen LogP contribution in [0.4, 0.5) is 0 Å². The molecule has 1 amide bonds. The van der Waals surface area contributed by atoms with Crippen molar-refractivity contribution in [3.05, 3.63) is 0 Å². The molecule has 0 aromatic carbocycles. The van der Waals surface area contributed by atoms with Gasteiger partial charge in [-0.2, -0.15) is 0 Å². The molecule has 0 heterocycles. The van der Waals surface area contributed by atoms with E-state index in [1.807, 2.05) is 13.8 Å². The summed E-state index contributed by atoms with van der Waals surface area (Å²) in [6, 6.07) is -1.63. The van der Waals surface area contributed by atoms with Gasteiger partial charge in [0.2, 0.25) is 5.91 Å².